The lowest BCUT2D eigenvalue weighted by molar-refractivity contribution is -0.121. The fraction of sp³-hybridized carbons (Fsp3) is 0.692. The molecule has 108 valence electrons. The molecule has 0 aromatic carbocycles. The molecule has 1 aromatic rings. The second-order valence-electron chi connectivity index (χ2n) is 4.44. The summed E-state index contributed by atoms with van der Waals surface area (Å²) in [6, 6.07) is 2.00. The van der Waals surface area contributed by atoms with Crippen molar-refractivity contribution in [2.75, 3.05) is 26.4 Å². The molecule has 0 aliphatic carbocycles. The van der Waals surface area contributed by atoms with Gasteiger partial charge in [0, 0.05) is 31.8 Å². The van der Waals surface area contributed by atoms with Crippen molar-refractivity contribution in [3.63, 3.8) is 0 Å². The largest absolute Gasteiger partial charge is 0.394 e. The maximum atomic E-state index is 11.6. The number of nitrogens with zero attached hydrogens (tertiary/aromatic N) is 2. The Bertz CT molecular complexity index is 390. The number of hydrogen-bond acceptors (Lipinski definition) is 4. The predicted molar refractivity (Wildman–Crippen MR) is 71.8 cm³/mol. The van der Waals surface area contributed by atoms with Gasteiger partial charge in [0.25, 0.3) is 0 Å². The van der Waals surface area contributed by atoms with Crippen LogP contribution in [0.5, 0.6) is 0 Å². The van der Waals surface area contributed by atoms with E-state index in [9.17, 15) is 4.79 Å². The van der Waals surface area contributed by atoms with E-state index in [4.69, 9.17) is 9.84 Å². The third-order valence-corrected chi connectivity index (χ3v) is 2.68. The number of aliphatic hydroxyl groups is 1. The van der Waals surface area contributed by atoms with Gasteiger partial charge in [0.2, 0.25) is 5.91 Å². The monoisotopic (exact) mass is 269 g/mol. The second kappa shape index (κ2) is 8.66. The molecule has 0 fully saturated rings. The number of ether oxygens (including phenoxy) is 1. The van der Waals surface area contributed by atoms with Crippen molar-refractivity contribution in [3.05, 3.63) is 17.5 Å². The van der Waals surface area contributed by atoms with Crippen molar-refractivity contribution in [2.24, 2.45) is 0 Å². The van der Waals surface area contributed by atoms with Crippen LogP contribution in [0.4, 0.5) is 0 Å². The number of aromatic nitrogens is 2. The Kier molecular flexibility index (Phi) is 7.14. The summed E-state index contributed by atoms with van der Waals surface area (Å²) in [6.07, 6.45) is 1.19. The number of rotatable bonds is 9. The minimum absolute atomic E-state index is 0.0229. The third kappa shape index (κ3) is 6.35. The minimum Gasteiger partial charge on any atom is -0.394 e. The van der Waals surface area contributed by atoms with Crippen molar-refractivity contribution >= 4 is 5.91 Å². The molecular formula is C13H23N3O3. The number of hydrogen-bond donors (Lipinski definition) is 2. The summed E-state index contributed by atoms with van der Waals surface area (Å²) in [6.45, 7) is 6.07. The number of nitrogens with one attached hydrogen (secondary N) is 1. The summed E-state index contributed by atoms with van der Waals surface area (Å²) in [7, 11) is 0. The molecule has 6 nitrogen and oxygen atoms in total. The third-order valence-electron chi connectivity index (χ3n) is 2.68. The molecule has 0 saturated carbocycles. The summed E-state index contributed by atoms with van der Waals surface area (Å²) >= 11 is 0. The second-order valence-corrected chi connectivity index (χ2v) is 4.44. The van der Waals surface area contributed by atoms with Crippen LogP contribution >= 0.6 is 0 Å². The molecule has 0 saturated heterocycles. The van der Waals surface area contributed by atoms with Crippen LogP contribution in [0.1, 0.15) is 24.2 Å². The lowest BCUT2D eigenvalue weighted by Gasteiger charge is -2.07. The Morgan fingerprint density at radius 2 is 2.26 bits per heavy atom. The van der Waals surface area contributed by atoms with Crippen LogP contribution in [-0.4, -0.2) is 47.2 Å². The Balaban J connectivity index is 2.09. The number of carbonyl (C=O) groups is 1. The molecule has 0 spiro atoms. The van der Waals surface area contributed by atoms with Gasteiger partial charge in [-0.15, -0.1) is 0 Å². The number of aryl methyl sites for hydroxylation is 3. The van der Waals surface area contributed by atoms with Crippen molar-refractivity contribution in [1.82, 2.24) is 15.1 Å². The zero-order valence-electron chi connectivity index (χ0n) is 11.7. The van der Waals surface area contributed by atoms with Crippen molar-refractivity contribution in [1.29, 1.82) is 0 Å². The molecule has 2 N–H and O–H groups in total. The van der Waals surface area contributed by atoms with Crippen LogP contribution in [0.2, 0.25) is 0 Å². The summed E-state index contributed by atoms with van der Waals surface area (Å²) < 4.78 is 6.94. The van der Waals surface area contributed by atoms with Crippen LogP contribution < -0.4 is 5.32 Å². The van der Waals surface area contributed by atoms with E-state index in [-0.39, 0.29) is 12.5 Å². The first-order valence-electron chi connectivity index (χ1n) is 6.60. The zero-order chi connectivity index (χ0) is 14.1. The average Bonchev–Trinajstić information content (AvgIpc) is 2.69. The molecule has 0 atom stereocenters. The van der Waals surface area contributed by atoms with Crippen molar-refractivity contribution in [2.45, 2.75) is 33.2 Å². The van der Waals surface area contributed by atoms with Gasteiger partial charge >= 0.3 is 0 Å². The molecule has 0 radical (unpaired) electrons. The van der Waals surface area contributed by atoms with E-state index in [1.54, 1.807) is 0 Å². The summed E-state index contributed by atoms with van der Waals surface area (Å²) in [4.78, 5) is 11.6. The number of carbonyl (C=O) groups excluding carboxylic acids is 1. The molecular weight excluding hydrogens is 246 g/mol. The Morgan fingerprint density at radius 3 is 2.89 bits per heavy atom. The first kappa shape index (κ1) is 15.7. The summed E-state index contributed by atoms with van der Waals surface area (Å²) in [5.41, 5.74) is 2.04. The maximum absolute atomic E-state index is 11.6. The Morgan fingerprint density at radius 1 is 1.47 bits per heavy atom. The molecule has 1 rings (SSSR count). The van der Waals surface area contributed by atoms with Gasteiger partial charge in [-0.2, -0.15) is 5.10 Å². The molecule has 1 heterocycles. The van der Waals surface area contributed by atoms with E-state index in [2.05, 4.69) is 10.4 Å². The molecule has 6 heteroatoms. The van der Waals surface area contributed by atoms with Gasteiger partial charge in [0.1, 0.15) is 0 Å². The Labute approximate surface area is 113 Å². The molecule has 0 aliphatic rings. The highest BCUT2D eigenvalue weighted by Gasteiger charge is 2.04. The molecule has 0 unspecified atom stereocenters. The van der Waals surface area contributed by atoms with Crippen LogP contribution in [0.3, 0.4) is 0 Å². The van der Waals surface area contributed by atoms with E-state index in [0.29, 0.717) is 32.7 Å². The fourth-order valence-electron chi connectivity index (χ4n) is 1.77. The molecule has 19 heavy (non-hydrogen) atoms. The summed E-state index contributed by atoms with van der Waals surface area (Å²) in [5.74, 6) is 0.0229. The van der Waals surface area contributed by atoms with Crippen LogP contribution in [0, 0.1) is 13.8 Å². The molecule has 0 aliphatic heterocycles. The van der Waals surface area contributed by atoms with Gasteiger partial charge < -0.3 is 15.2 Å². The number of aliphatic hydroxyl groups excluding tert-OH is 1. The normalized spacial score (nSPS) is 10.7. The van der Waals surface area contributed by atoms with Crippen LogP contribution in [0.15, 0.2) is 6.07 Å². The SMILES string of the molecule is Cc1cc(C)n(CCC(=O)NCCCOCCO)n1. The smallest absolute Gasteiger partial charge is 0.221 e. The first-order chi connectivity index (χ1) is 9.13. The quantitative estimate of drug-likeness (QED) is 0.636. The van der Waals surface area contributed by atoms with E-state index in [1.807, 2.05) is 24.6 Å². The highest BCUT2D eigenvalue weighted by molar-refractivity contribution is 5.75. The van der Waals surface area contributed by atoms with Crippen LogP contribution in [0.25, 0.3) is 0 Å². The summed E-state index contributed by atoms with van der Waals surface area (Å²) in [5, 5.41) is 15.6. The topological polar surface area (TPSA) is 76.4 Å². The van der Waals surface area contributed by atoms with E-state index in [0.717, 1.165) is 17.8 Å². The minimum atomic E-state index is 0.0229. The maximum Gasteiger partial charge on any atom is 0.221 e. The predicted octanol–water partition coefficient (Wildman–Crippen LogP) is 0.405. The Hall–Kier alpha value is -1.40. The van der Waals surface area contributed by atoms with Gasteiger partial charge in [-0.1, -0.05) is 0 Å². The molecule has 1 amide bonds. The van der Waals surface area contributed by atoms with Gasteiger partial charge in [-0.05, 0) is 26.3 Å². The van der Waals surface area contributed by atoms with E-state index in [1.165, 1.54) is 0 Å². The highest BCUT2D eigenvalue weighted by Crippen LogP contribution is 2.02. The fourth-order valence-corrected chi connectivity index (χ4v) is 1.77. The van der Waals surface area contributed by atoms with Gasteiger partial charge in [0.05, 0.1) is 18.9 Å². The van der Waals surface area contributed by atoms with Crippen molar-refractivity contribution in [3.8, 4) is 0 Å². The van der Waals surface area contributed by atoms with Crippen molar-refractivity contribution < 1.29 is 14.6 Å². The average molecular weight is 269 g/mol. The van der Waals surface area contributed by atoms with E-state index < -0.39 is 0 Å². The van der Waals surface area contributed by atoms with Gasteiger partial charge in [-0.25, -0.2) is 0 Å². The van der Waals surface area contributed by atoms with Gasteiger partial charge in [0.15, 0.2) is 0 Å². The highest BCUT2D eigenvalue weighted by atomic mass is 16.5. The lowest BCUT2D eigenvalue weighted by atomic mass is 10.3. The van der Waals surface area contributed by atoms with Gasteiger partial charge in [-0.3, -0.25) is 9.48 Å². The van der Waals surface area contributed by atoms with E-state index >= 15 is 0 Å². The molecule has 0 bridgehead atoms. The zero-order valence-corrected chi connectivity index (χ0v) is 11.7. The lowest BCUT2D eigenvalue weighted by Crippen LogP contribution is -2.26. The van der Waals surface area contributed by atoms with Crippen LogP contribution in [-0.2, 0) is 16.1 Å². The standard InChI is InChI=1S/C13H23N3O3/c1-11-10-12(2)16(15-11)6-4-13(18)14-5-3-8-19-9-7-17/h10,17H,3-9H2,1-2H3,(H,14,18). The number of amides is 1. The molecule has 1 aromatic heterocycles. The first-order valence-corrected chi connectivity index (χ1v) is 6.60.